The number of hydrogen-bond donors (Lipinski definition) is 1. The van der Waals surface area contributed by atoms with Gasteiger partial charge in [-0.25, -0.2) is 4.39 Å². The number of hydrogen-bond acceptors (Lipinski definition) is 3. The Kier molecular flexibility index (Phi) is 5.12. The molecule has 3 unspecified atom stereocenters. The van der Waals surface area contributed by atoms with Crippen molar-refractivity contribution >= 4 is 23.4 Å². The highest BCUT2D eigenvalue weighted by Crippen LogP contribution is 2.32. The van der Waals surface area contributed by atoms with Gasteiger partial charge in [-0.1, -0.05) is 18.5 Å². The third-order valence-corrected chi connectivity index (χ3v) is 5.38. The van der Waals surface area contributed by atoms with Gasteiger partial charge in [-0.15, -0.1) is 0 Å². The van der Waals surface area contributed by atoms with Crippen LogP contribution in [0, 0.1) is 5.82 Å². The summed E-state index contributed by atoms with van der Waals surface area (Å²) in [6.07, 6.45) is 0. The molecule has 1 heterocycles. The van der Waals surface area contributed by atoms with Crippen molar-refractivity contribution in [3.63, 3.8) is 0 Å². The fourth-order valence-corrected chi connectivity index (χ4v) is 3.98. The van der Waals surface area contributed by atoms with Crippen LogP contribution in [-0.2, 0) is 0 Å². The maximum absolute atomic E-state index is 13.5. The summed E-state index contributed by atoms with van der Waals surface area (Å²) in [6, 6.07) is 5.15. The molecule has 0 amide bonds. The summed E-state index contributed by atoms with van der Waals surface area (Å²) in [7, 11) is 0. The first-order valence-corrected chi connectivity index (χ1v) is 7.99. The van der Waals surface area contributed by atoms with E-state index in [1.54, 1.807) is 6.07 Å². The lowest BCUT2D eigenvalue weighted by Gasteiger charge is -2.42. The molecule has 2 nitrogen and oxygen atoms in total. The largest absolute Gasteiger partial charge is 0.329 e. The van der Waals surface area contributed by atoms with Gasteiger partial charge in [0.25, 0.3) is 0 Å². The second-order valence-corrected chi connectivity index (χ2v) is 6.93. The molecule has 1 aliphatic rings. The topological polar surface area (TPSA) is 29.3 Å². The van der Waals surface area contributed by atoms with Crippen LogP contribution in [0.1, 0.15) is 25.5 Å². The van der Waals surface area contributed by atoms with Crippen molar-refractivity contribution in [2.45, 2.75) is 31.2 Å². The smallest absolute Gasteiger partial charge is 0.125 e. The summed E-state index contributed by atoms with van der Waals surface area (Å²) < 4.78 is 13.5. The second kappa shape index (κ2) is 6.44. The van der Waals surface area contributed by atoms with Crippen LogP contribution in [0.5, 0.6) is 0 Å². The van der Waals surface area contributed by atoms with Crippen molar-refractivity contribution in [1.82, 2.24) is 4.90 Å². The van der Waals surface area contributed by atoms with E-state index in [0.29, 0.717) is 22.9 Å². The third-order valence-electron chi connectivity index (χ3n) is 3.83. The van der Waals surface area contributed by atoms with E-state index >= 15 is 0 Å². The van der Waals surface area contributed by atoms with Crippen molar-refractivity contribution < 1.29 is 4.39 Å². The number of thioether (sulfide) groups is 1. The zero-order chi connectivity index (χ0) is 14.0. The standard InChI is InChI=1S/C14H20ClFN2S/c1-9-10(2)19-4-3-18(9)14(8-17)11-5-12(15)7-13(16)6-11/h5-7,9-10,14H,3-4,8,17H2,1-2H3. The van der Waals surface area contributed by atoms with E-state index in [1.807, 2.05) is 17.8 Å². The Morgan fingerprint density at radius 2 is 2.21 bits per heavy atom. The average Bonchev–Trinajstić information content (AvgIpc) is 2.34. The first kappa shape index (κ1) is 15.1. The van der Waals surface area contributed by atoms with Gasteiger partial charge in [0, 0.05) is 41.2 Å². The SMILES string of the molecule is CC1SCCN(C(CN)c2cc(F)cc(Cl)c2)C1C. The molecule has 1 fully saturated rings. The predicted molar refractivity (Wildman–Crippen MR) is 81.3 cm³/mol. The molecular formula is C14H20ClFN2S. The molecule has 5 heteroatoms. The van der Waals surface area contributed by atoms with E-state index < -0.39 is 0 Å². The average molecular weight is 303 g/mol. The van der Waals surface area contributed by atoms with E-state index in [2.05, 4.69) is 18.7 Å². The molecule has 0 radical (unpaired) electrons. The van der Waals surface area contributed by atoms with Gasteiger partial charge in [-0.2, -0.15) is 11.8 Å². The van der Waals surface area contributed by atoms with E-state index in [4.69, 9.17) is 17.3 Å². The normalized spacial score (nSPS) is 26.4. The number of halogens is 2. The summed E-state index contributed by atoms with van der Waals surface area (Å²) in [5.41, 5.74) is 6.80. The Morgan fingerprint density at radius 3 is 2.84 bits per heavy atom. The zero-order valence-corrected chi connectivity index (χ0v) is 12.8. The molecule has 0 bridgehead atoms. The maximum atomic E-state index is 13.5. The quantitative estimate of drug-likeness (QED) is 0.929. The van der Waals surface area contributed by atoms with Crippen LogP contribution >= 0.6 is 23.4 Å². The van der Waals surface area contributed by atoms with Crippen molar-refractivity contribution in [2.24, 2.45) is 5.73 Å². The number of benzene rings is 1. The lowest BCUT2D eigenvalue weighted by atomic mass is 10.0. The minimum Gasteiger partial charge on any atom is -0.329 e. The summed E-state index contributed by atoms with van der Waals surface area (Å²) in [6.45, 7) is 5.89. The molecule has 0 aliphatic carbocycles. The highest BCUT2D eigenvalue weighted by Gasteiger charge is 2.31. The van der Waals surface area contributed by atoms with Gasteiger partial charge in [0.05, 0.1) is 0 Å². The van der Waals surface area contributed by atoms with Gasteiger partial charge in [0.15, 0.2) is 0 Å². The molecule has 2 rings (SSSR count). The lowest BCUT2D eigenvalue weighted by molar-refractivity contribution is 0.150. The maximum Gasteiger partial charge on any atom is 0.125 e. The lowest BCUT2D eigenvalue weighted by Crippen LogP contribution is -2.48. The Bertz CT molecular complexity index is 423. The van der Waals surface area contributed by atoms with Crippen LogP contribution in [0.3, 0.4) is 0 Å². The van der Waals surface area contributed by atoms with E-state index in [0.717, 1.165) is 17.9 Å². The molecule has 19 heavy (non-hydrogen) atoms. The molecular weight excluding hydrogens is 283 g/mol. The molecule has 0 aromatic heterocycles. The van der Waals surface area contributed by atoms with Gasteiger partial charge in [-0.3, -0.25) is 4.90 Å². The molecule has 0 saturated carbocycles. The minimum atomic E-state index is -0.298. The van der Waals surface area contributed by atoms with Crippen LogP contribution in [-0.4, -0.2) is 35.0 Å². The van der Waals surface area contributed by atoms with Crippen molar-refractivity contribution in [3.8, 4) is 0 Å². The van der Waals surface area contributed by atoms with Gasteiger partial charge in [-0.05, 0) is 30.7 Å². The molecule has 3 atom stereocenters. The molecule has 2 N–H and O–H groups in total. The highest BCUT2D eigenvalue weighted by atomic mass is 35.5. The van der Waals surface area contributed by atoms with Gasteiger partial charge >= 0.3 is 0 Å². The number of rotatable bonds is 3. The van der Waals surface area contributed by atoms with Crippen LogP contribution < -0.4 is 5.73 Å². The van der Waals surface area contributed by atoms with E-state index in [1.165, 1.54) is 6.07 Å². The molecule has 106 valence electrons. The minimum absolute atomic E-state index is 0.0338. The monoisotopic (exact) mass is 302 g/mol. The van der Waals surface area contributed by atoms with Gasteiger partial charge in [0.1, 0.15) is 5.82 Å². The summed E-state index contributed by atoms with van der Waals surface area (Å²) in [4.78, 5) is 2.37. The fraction of sp³-hybridized carbons (Fsp3) is 0.571. The van der Waals surface area contributed by atoms with Crippen LogP contribution in [0.15, 0.2) is 18.2 Å². The molecule has 0 spiro atoms. The summed E-state index contributed by atoms with van der Waals surface area (Å²) in [5.74, 6) is 0.790. The molecule has 1 aromatic rings. The van der Waals surface area contributed by atoms with Crippen LogP contribution in [0.2, 0.25) is 5.02 Å². The summed E-state index contributed by atoms with van der Waals surface area (Å²) >= 11 is 7.93. The Labute approximate surface area is 123 Å². The van der Waals surface area contributed by atoms with Crippen LogP contribution in [0.25, 0.3) is 0 Å². The Balaban J connectivity index is 2.28. The predicted octanol–water partition coefficient (Wildman–Crippen LogP) is 3.30. The summed E-state index contributed by atoms with van der Waals surface area (Å²) in [5, 5.41) is 0.993. The third kappa shape index (κ3) is 3.43. The molecule has 1 saturated heterocycles. The van der Waals surface area contributed by atoms with E-state index in [-0.39, 0.29) is 11.9 Å². The first-order chi connectivity index (χ1) is 9.02. The highest BCUT2D eigenvalue weighted by molar-refractivity contribution is 8.00. The number of nitrogens with zero attached hydrogens (tertiary/aromatic N) is 1. The van der Waals surface area contributed by atoms with Crippen molar-refractivity contribution in [1.29, 1.82) is 0 Å². The van der Waals surface area contributed by atoms with Crippen molar-refractivity contribution in [3.05, 3.63) is 34.6 Å². The van der Waals surface area contributed by atoms with Crippen LogP contribution in [0.4, 0.5) is 4.39 Å². The van der Waals surface area contributed by atoms with Gasteiger partial charge < -0.3 is 5.73 Å². The van der Waals surface area contributed by atoms with E-state index in [9.17, 15) is 4.39 Å². The Morgan fingerprint density at radius 1 is 1.47 bits per heavy atom. The molecule has 1 aliphatic heterocycles. The van der Waals surface area contributed by atoms with Crippen molar-refractivity contribution in [2.75, 3.05) is 18.8 Å². The first-order valence-electron chi connectivity index (χ1n) is 6.56. The zero-order valence-electron chi connectivity index (χ0n) is 11.3. The fourth-order valence-electron chi connectivity index (χ4n) is 2.63. The Hall–Kier alpha value is -0.290. The van der Waals surface area contributed by atoms with Gasteiger partial charge in [0.2, 0.25) is 0 Å². The second-order valence-electron chi connectivity index (χ2n) is 5.01. The number of nitrogens with two attached hydrogens (primary N) is 1. The molecule has 1 aromatic carbocycles.